The fourth-order valence-electron chi connectivity index (χ4n) is 1.80. The number of allylic oxidation sites excluding steroid dienone is 6. The quantitative estimate of drug-likeness (QED) is 0.677. The van der Waals surface area contributed by atoms with Crippen LogP contribution in [-0.2, 0) is 0 Å². The molecule has 0 amide bonds. The van der Waals surface area contributed by atoms with Gasteiger partial charge in [0.1, 0.15) is 23.9 Å². The summed E-state index contributed by atoms with van der Waals surface area (Å²) < 4.78 is 0. The van der Waals surface area contributed by atoms with Gasteiger partial charge in [0.05, 0.1) is 0 Å². The number of rotatable bonds is 1. The zero-order valence-corrected chi connectivity index (χ0v) is 9.52. The van der Waals surface area contributed by atoms with Crippen molar-refractivity contribution in [2.24, 2.45) is 0 Å². The van der Waals surface area contributed by atoms with Gasteiger partial charge in [-0.15, -0.1) is 0 Å². The second-order valence-electron chi connectivity index (χ2n) is 3.63. The van der Waals surface area contributed by atoms with Gasteiger partial charge in [0.2, 0.25) is 0 Å². The third-order valence-electron chi connectivity index (χ3n) is 2.37. The molecule has 0 radical (unpaired) electrons. The van der Waals surface area contributed by atoms with Gasteiger partial charge in [0.15, 0.2) is 0 Å². The molecule has 1 aliphatic heterocycles. The smallest absolute Gasteiger partial charge is 0.137 e. The van der Waals surface area contributed by atoms with E-state index >= 15 is 0 Å². The Bertz CT molecular complexity index is 431. The third kappa shape index (κ3) is 2.13. The minimum atomic E-state index is -0.623. The van der Waals surface area contributed by atoms with E-state index in [-0.39, 0.29) is 5.57 Å². The molecule has 1 atom stereocenters. The highest BCUT2D eigenvalue weighted by Gasteiger charge is 2.18. The topological polar surface area (TPSA) is 71.0 Å². The van der Waals surface area contributed by atoms with E-state index in [0.29, 0.717) is 5.57 Å². The maximum absolute atomic E-state index is 9.56. The van der Waals surface area contributed by atoms with Gasteiger partial charge in [-0.05, 0) is 32.9 Å². The summed E-state index contributed by atoms with van der Waals surface area (Å²) in [6.45, 7) is 5.32. The van der Waals surface area contributed by atoms with Gasteiger partial charge in [0.25, 0.3) is 0 Å². The molecule has 1 rings (SSSR count). The standard InChI is InChI=1S/C12H13N3O/c1-8-4-11(12(6-13)7-14)5-9(2)15(8)10(3)16/h4-5,10,16H,1-3H3. The molecule has 0 aromatic heterocycles. The fourth-order valence-corrected chi connectivity index (χ4v) is 1.80. The van der Waals surface area contributed by atoms with Gasteiger partial charge in [-0.3, -0.25) is 0 Å². The van der Waals surface area contributed by atoms with E-state index in [1.165, 1.54) is 0 Å². The second kappa shape index (κ2) is 4.65. The van der Waals surface area contributed by atoms with Crippen LogP contribution in [0.4, 0.5) is 0 Å². The van der Waals surface area contributed by atoms with Gasteiger partial charge in [0, 0.05) is 17.0 Å². The highest BCUT2D eigenvalue weighted by atomic mass is 16.3. The van der Waals surface area contributed by atoms with Crippen LogP contribution in [0.5, 0.6) is 0 Å². The molecular formula is C12H13N3O. The molecule has 16 heavy (non-hydrogen) atoms. The fraction of sp³-hybridized carbons (Fsp3) is 0.333. The van der Waals surface area contributed by atoms with E-state index in [4.69, 9.17) is 10.5 Å². The summed E-state index contributed by atoms with van der Waals surface area (Å²) in [7, 11) is 0. The first-order valence-electron chi connectivity index (χ1n) is 4.89. The average Bonchev–Trinajstić information content (AvgIpc) is 2.17. The van der Waals surface area contributed by atoms with Gasteiger partial charge in [-0.1, -0.05) is 0 Å². The molecule has 0 spiro atoms. The molecule has 0 aromatic rings. The summed E-state index contributed by atoms with van der Waals surface area (Å²) >= 11 is 0. The minimum absolute atomic E-state index is 0.0870. The van der Waals surface area contributed by atoms with Crippen molar-refractivity contribution in [3.05, 3.63) is 34.7 Å². The van der Waals surface area contributed by atoms with Crippen LogP contribution in [0.1, 0.15) is 20.8 Å². The maximum Gasteiger partial charge on any atom is 0.137 e. The predicted molar refractivity (Wildman–Crippen MR) is 59.3 cm³/mol. The average molecular weight is 215 g/mol. The Morgan fingerprint density at radius 3 is 2.00 bits per heavy atom. The zero-order chi connectivity index (χ0) is 12.3. The highest BCUT2D eigenvalue weighted by Crippen LogP contribution is 2.25. The van der Waals surface area contributed by atoms with Crippen molar-refractivity contribution in [3.8, 4) is 12.1 Å². The van der Waals surface area contributed by atoms with Crippen LogP contribution in [0.3, 0.4) is 0 Å². The lowest BCUT2D eigenvalue weighted by Crippen LogP contribution is -2.31. The molecular weight excluding hydrogens is 202 g/mol. The molecule has 0 saturated carbocycles. The number of nitriles is 2. The lowest BCUT2D eigenvalue weighted by molar-refractivity contribution is 0.0681. The van der Waals surface area contributed by atoms with Crippen molar-refractivity contribution >= 4 is 0 Å². The molecule has 0 bridgehead atoms. The molecule has 1 N–H and O–H groups in total. The van der Waals surface area contributed by atoms with E-state index in [9.17, 15) is 5.11 Å². The van der Waals surface area contributed by atoms with Crippen LogP contribution in [0.2, 0.25) is 0 Å². The molecule has 1 unspecified atom stereocenters. The van der Waals surface area contributed by atoms with E-state index in [1.54, 1.807) is 24.0 Å². The Balaban J connectivity index is 3.25. The van der Waals surface area contributed by atoms with Crippen molar-refractivity contribution < 1.29 is 5.11 Å². The highest BCUT2D eigenvalue weighted by molar-refractivity contribution is 5.53. The largest absolute Gasteiger partial charge is 0.374 e. The van der Waals surface area contributed by atoms with Crippen LogP contribution in [0, 0.1) is 22.7 Å². The molecule has 0 fully saturated rings. The van der Waals surface area contributed by atoms with Crippen LogP contribution < -0.4 is 0 Å². The number of aliphatic hydroxyl groups is 1. The third-order valence-corrected chi connectivity index (χ3v) is 2.37. The first-order chi connectivity index (χ1) is 7.51. The molecule has 4 heteroatoms. The van der Waals surface area contributed by atoms with Gasteiger partial charge in [-0.2, -0.15) is 10.5 Å². The molecule has 0 aromatic carbocycles. The van der Waals surface area contributed by atoms with Crippen LogP contribution in [0.25, 0.3) is 0 Å². The Hall–Kier alpha value is -2.04. The molecule has 1 heterocycles. The first-order valence-corrected chi connectivity index (χ1v) is 4.89. The molecule has 4 nitrogen and oxygen atoms in total. The van der Waals surface area contributed by atoms with Crippen LogP contribution >= 0.6 is 0 Å². The van der Waals surface area contributed by atoms with Crippen LogP contribution in [-0.4, -0.2) is 16.2 Å². The first kappa shape index (κ1) is 12.0. The number of hydrogen-bond acceptors (Lipinski definition) is 4. The Kier molecular flexibility index (Phi) is 3.50. The predicted octanol–water partition coefficient (Wildman–Crippen LogP) is 1.79. The monoisotopic (exact) mass is 215 g/mol. The molecule has 82 valence electrons. The van der Waals surface area contributed by atoms with Gasteiger partial charge < -0.3 is 10.0 Å². The van der Waals surface area contributed by atoms with Crippen molar-refractivity contribution in [2.75, 3.05) is 0 Å². The Labute approximate surface area is 95.0 Å². The number of hydrogen-bond donors (Lipinski definition) is 1. The summed E-state index contributed by atoms with van der Waals surface area (Å²) in [5, 5.41) is 27.1. The summed E-state index contributed by atoms with van der Waals surface area (Å²) in [4.78, 5) is 1.73. The van der Waals surface area contributed by atoms with Crippen molar-refractivity contribution in [3.63, 3.8) is 0 Å². The number of nitrogens with zero attached hydrogens (tertiary/aromatic N) is 3. The lowest BCUT2D eigenvalue weighted by Gasteiger charge is -2.32. The van der Waals surface area contributed by atoms with E-state index in [2.05, 4.69) is 0 Å². The second-order valence-corrected chi connectivity index (χ2v) is 3.63. The van der Waals surface area contributed by atoms with Crippen molar-refractivity contribution in [1.29, 1.82) is 10.5 Å². The van der Waals surface area contributed by atoms with E-state index in [0.717, 1.165) is 11.4 Å². The van der Waals surface area contributed by atoms with Gasteiger partial charge in [-0.25, -0.2) is 0 Å². The normalized spacial score (nSPS) is 16.9. The minimum Gasteiger partial charge on any atom is -0.374 e. The Morgan fingerprint density at radius 1 is 1.25 bits per heavy atom. The van der Waals surface area contributed by atoms with E-state index < -0.39 is 6.23 Å². The number of aliphatic hydroxyl groups excluding tert-OH is 1. The van der Waals surface area contributed by atoms with E-state index in [1.807, 2.05) is 26.0 Å². The van der Waals surface area contributed by atoms with Gasteiger partial charge >= 0.3 is 0 Å². The molecule has 1 aliphatic rings. The molecule has 0 saturated heterocycles. The maximum atomic E-state index is 9.56. The van der Waals surface area contributed by atoms with Crippen molar-refractivity contribution in [1.82, 2.24) is 4.90 Å². The van der Waals surface area contributed by atoms with Crippen molar-refractivity contribution in [2.45, 2.75) is 27.0 Å². The summed E-state index contributed by atoms with van der Waals surface area (Å²) in [6, 6.07) is 3.71. The summed E-state index contributed by atoms with van der Waals surface area (Å²) in [6.07, 6.45) is 2.82. The molecule has 0 aliphatic carbocycles. The Morgan fingerprint density at radius 2 is 1.69 bits per heavy atom. The summed E-state index contributed by atoms with van der Waals surface area (Å²) in [5.74, 6) is 0. The summed E-state index contributed by atoms with van der Waals surface area (Å²) in [5.41, 5.74) is 2.31. The SMILES string of the molecule is CC1=CC(=C(C#N)C#N)C=C(C)N1C(C)O. The zero-order valence-electron chi connectivity index (χ0n) is 9.52. The lowest BCUT2D eigenvalue weighted by atomic mass is 10.0. The van der Waals surface area contributed by atoms with Crippen LogP contribution in [0.15, 0.2) is 34.7 Å².